The minimum atomic E-state index is -0.301. The van der Waals surface area contributed by atoms with Gasteiger partial charge in [0, 0.05) is 12.6 Å². The number of rotatable bonds is 2. The quantitative estimate of drug-likeness (QED) is 0.522. The number of ether oxygens (including phenoxy) is 1. The molecule has 0 aliphatic carbocycles. The third kappa shape index (κ3) is 2.48. The average Bonchev–Trinajstić information content (AvgIpc) is 2.35. The second-order valence-electron chi connectivity index (χ2n) is 2.77. The van der Waals surface area contributed by atoms with Crippen molar-refractivity contribution in [2.45, 2.75) is 25.0 Å². The van der Waals surface area contributed by atoms with E-state index >= 15 is 0 Å². The van der Waals surface area contributed by atoms with Gasteiger partial charge in [0.1, 0.15) is 0 Å². The summed E-state index contributed by atoms with van der Waals surface area (Å²) >= 11 is 0. The average molecular weight is 159 g/mol. The predicted molar refractivity (Wildman–Crippen MR) is 39.0 cm³/mol. The van der Waals surface area contributed by atoms with Crippen LogP contribution >= 0.6 is 0 Å². The summed E-state index contributed by atoms with van der Waals surface area (Å²) in [4.78, 5) is 10.7. The lowest BCUT2D eigenvalue weighted by molar-refractivity contribution is -0.141. The van der Waals surface area contributed by atoms with E-state index in [9.17, 15) is 4.79 Å². The maximum Gasteiger partial charge on any atom is 0.307 e. The first-order valence-corrected chi connectivity index (χ1v) is 3.70. The summed E-state index contributed by atoms with van der Waals surface area (Å²) in [7, 11) is 1.37. The topological polar surface area (TPSA) is 58.6 Å². The van der Waals surface area contributed by atoms with Gasteiger partial charge in [-0.25, -0.2) is 0 Å². The first kappa shape index (κ1) is 8.49. The Hall–Kier alpha value is -0.610. The molecule has 4 nitrogen and oxygen atoms in total. The van der Waals surface area contributed by atoms with Gasteiger partial charge in [0.15, 0.2) is 0 Å². The maximum absolute atomic E-state index is 10.7. The van der Waals surface area contributed by atoms with Crippen molar-refractivity contribution < 1.29 is 14.6 Å². The van der Waals surface area contributed by atoms with Gasteiger partial charge in [0.2, 0.25) is 0 Å². The fourth-order valence-corrected chi connectivity index (χ4v) is 1.24. The Labute approximate surface area is 65.5 Å². The van der Waals surface area contributed by atoms with Crippen LogP contribution in [-0.4, -0.2) is 36.9 Å². The SMILES string of the molecule is COC(=O)C[C@@H]1C[C@@H](O)CN1. The Bertz CT molecular complexity index is 149. The second-order valence-corrected chi connectivity index (χ2v) is 2.77. The zero-order chi connectivity index (χ0) is 8.27. The van der Waals surface area contributed by atoms with Crippen LogP contribution in [0.3, 0.4) is 0 Å². The van der Waals surface area contributed by atoms with E-state index in [1.54, 1.807) is 0 Å². The van der Waals surface area contributed by atoms with Crippen LogP contribution in [0, 0.1) is 0 Å². The molecule has 64 valence electrons. The van der Waals surface area contributed by atoms with Crippen LogP contribution in [0.2, 0.25) is 0 Å². The first-order chi connectivity index (χ1) is 5.22. The molecule has 0 spiro atoms. The summed E-state index contributed by atoms with van der Waals surface area (Å²) in [5, 5.41) is 12.1. The van der Waals surface area contributed by atoms with E-state index in [2.05, 4.69) is 10.1 Å². The summed E-state index contributed by atoms with van der Waals surface area (Å²) < 4.78 is 4.49. The van der Waals surface area contributed by atoms with E-state index < -0.39 is 0 Å². The summed E-state index contributed by atoms with van der Waals surface area (Å²) in [5.74, 6) is -0.225. The van der Waals surface area contributed by atoms with Gasteiger partial charge in [-0.2, -0.15) is 0 Å². The Kier molecular flexibility index (Phi) is 2.84. The number of hydrogen-bond acceptors (Lipinski definition) is 4. The molecule has 2 N–H and O–H groups in total. The molecule has 0 aromatic rings. The molecule has 2 atom stereocenters. The van der Waals surface area contributed by atoms with Crippen LogP contribution in [0.5, 0.6) is 0 Å². The van der Waals surface area contributed by atoms with Crippen molar-refractivity contribution >= 4 is 5.97 Å². The van der Waals surface area contributed by atoms with Gasteiger partial charge in [-0.05, 0) is 6.42 Å². The molecule has 0 unspecified atom stereocenters. The van der Waals surface area contributed by atoms with Crippen molar-refractivity contribution in [1.29, 1.82) is 0 Å². The molecule has 11 heavy (non-hydrogen) atoms. The van der Waals surface area contributed by atoms with Gasteiger partial charge in [0.05, 0.1) is 19.6 Å². The molecule has 1 fully saturated rings. The standard InChI is InChI=1S/C7H13NO3/c1-11-7(10)3-5-2-6(9)4-8-5/h5-6,8-9H,2-4H2,1H3/t5-,6+/m0/s1. The molecule has 4 heteroatoms. The Balaban J connectivity index is 2.23. The number of nitrogens with one attached hydrogen (secondary N) is 1. The van der Waals surface area contributed by atoms with Crippen LogP contribution in [0.25, 0.3) is 0 Å². The maximum atomic E-state index is 10.7. The molecule has 0 bridgehead atoms. The summed E-state index contributed by atoms with van der Waals surface area (Å²) in [6, 6.07) is 0.0949. The third-order valence-electron chi connectivity index (χ3n) is 1.84. The van der Waals surface area contributed by atoms with Gasteiger partial charge in [0.25, 0.3) is 0 Å². The van der Waals surface area contributed by atoms with Gasteiger partial charge >= 0.3 is 5.97 Å². The van der Waals surface area contributed by atoms with Crippen molar-refractivity contribution in [3.63, 3.8) is 0 Å². The van der Waals surface area contributed by atoms with Crippen molar-refractivity contribution in [1.82, 2.24) is 5.32 Å². The summed E-state index contributed by atoms with van der Waals surface area (Å²) in [6.07, 6.45) is 0.701. The first-order valence-electron chi connectivity index (χ1n) is 3.70. The highest BCUT2D eigenvalue weighted by Crippen LogP contribution is 2.09. The largest absolute Gasteiger partial charge is 0.469 e. The summed E-state index contributed by atoms with van der Waals surface area (Å²) in [6.45, 7) is 0.585. The van der Waals surface area contributed by atoms with E-state index in [0.717, 1.165) is 0 Å². The molecular weight excluding hydrogens is 146 g/mol. The van der Waals surface area contributed by atoms with Crippen molar-refractivity contribution in [2.24, 2.45) is 0 Å². The van der Waals surface area contributed by atoms with Crippen LogP contribution < -0.4 is 5.32 Å². The number of hydrogen-bond donors (Lipinski definition) is 2. The van der Waals surface area contributed by atoms with Gasteiger partial charge < -0.3 is 15.2 Å². The minimum Gasteiger partial charge on any atom is -0.469 e. The fourth-order valence-electron chi connectivity index (χ4n) is 1.24. The zero-order valence-corrected chi connectivity index (χ0v) is 6.54. The molecule has 0 amide bonds. The molecule has 1 rings (SSSR count). The Morgan fingerprint density at radius 2 is 2.55 bits per heavy atom. The van der Waals surface area contributed by atoms with Crippen molar-refractivity contribution in [3.8, 4) is 0 Å². The molecular formula is C7H13NO3. The lowest BCUT2D eigenvalue weighted by Gasteiger charge is -2.06. The Morgan fingerprint density at radius 1 is 1.82 bits per heavy atom. The number of carbonyl (C=O) groups excluding carboxylic acids is 1. The molecule has 1 aliphatic rings. The van der Waals surface area contributed by atoms with Gasteiger partial charge in [-0.1, -0.05) is 0 Å². The van der Waals surface area contributed by atoms with E-state index in [-0.39, 0.29) is 18.1 Å². The molecule has 0 radical (unpaired) electrons. The number of aliphatic hydroxyl groups is 1. The van der Waals surface area contributed by atoms with Crippen LogP contribution in [0.15, 0.2) is 0 Å². The predicted octanol–water partition coefficient (Wildman–Crippen LogP) is -0.728. The van der Waals surface area contributed by atoms with Crippen LogP contribution in [0.4, 0.5) is 0 Å². The van der Waals surface area contributed by atoms with Crippen LogP contribution in [0.1, 0.15) is 12.8 Å². The smallest absolute Gasteiger partial charge is 0.307 e. The number of β-amino-alcohol motifs (C(OH)–C–C–N with tert-alkyl or cyclic N) is 1. The van der Waals surface area contributed by atoms with E-state index in [0.29, 0.717) is 19.4 Å². The zero-order valence-electron chi connectivity index (χ0n) is 6.54. The molecule has 1 aliphatic heterocycles. The van der Waals surface area contributed by atoms with Crippen molar-refractivity contribution in [2.75, 3.05) is 13.7 Å². The summed E-state index contributed by atoms with van der Waals surface area (Å²) in [5.41, 5.74) is 0. The molecule has 0 aromatic carbocycles. The molecule has 0 aromatic heterocycles. The van der Waals surface area contributed by atoms with Crippen molar-refractivity contribution in [3.05, 3.63) is 0 Å². The van der Waals surface area contributed by atoms with Crippen LogP contribution in [-0.2, 0) is 9.53 Å². The molecule has 1 saturated heterocycles. The lowest BCUT2D eigenvalue weighted by Crippen LogP contribution is -2.25. The molecule has 1 heterocycles. The molecule has 0 saturated carbocycles. The normalized spacial score (nSPS) is 30.4. The highest BCUT2D eigenvalue weighted by molar-refractivity contribution is 5.69. The Morgan fingerprint density at radius 3 is 3.00 bits per heavy atom. The number of carbonyl (C=O) groups is 1. The number of aliphatic hydroxyl groups excluding tert-OH is 1. The number of esters is 1. The highest BCUT2D eigenvalue weighted by atomic mass is 16.5. The second kappa shape index (κ2) is 3.69. The highest BCUT2D eigenvalue weighted by Gasteiger charge is 2.24. The monoisotopic (exact) mass is 159 g/mol. The fraction of sp³-hybridized carbons (Fsp3) is 0.857. The minimum absolute atomic E-state index is 0.0949. The van der Waals surface area contributed by atoms with E-state index in [4.69, 9.17) is 5.11 Å². The lowest BCUT2D eigenvalue weighted by atomic mass is 10.1. The van der Waals surface area contributed by atoms with Gasteiger partial charge in [-0.15, -0.1) is 0 Å². The number of methoxy groups -OCH3 is 1. The van der Waals surface area contributed by atoms with Gasteiger partial charge in [-0.3, -0.25) is 4.79 Å². The van der Waals surface area contributed by atoms with E-state index in [1.807, 2.05) is 0 Å². The third-order valence-corrected chi connectivity index (χ3v) is 1.84. The van der Waals surface area contributed by atoms with E-state index in [1.165, 1.54) is 7.11 Å².